The van der Waals surface area contributed by atoms with Crippen LogP contribution in [0.3, 0.4) is 0 Å². The van der Waals surface area contributed by atoms with Gasteiger partial charge in [0.1, 0.15) is 0 Å². The normalized spacial score (nSPS) is 30.7. The average Bonchev–Trinajstić information content (AvgIpc) is 2.40. The molecule has 20 heavy (non-hydrogen) atoms. The maximum absolute atomic E-state index is 6.20. The second-order valence-corrected chi connectivity index (χ2v) is 7.12. The van der Waals surface area contributed by atoms with Crippen molar-refractivity contribution in [2.24, 2.45) is 17.6 Å². The number of likely N-dealkylation sites (N-methyl/N-ethyl adjacent to an activating group) is 1. The van der Waals surface area contributed by atoms with Gasteiger partial charge in [-0.1, -0.05) is 43.7 Å². The molecule has 2 N–H and O–H groups in total. The lowest BCUT2D eigenvalue weighted by Crippen LogP contribution is -2.55. The molecule has 1 aromatic carbocycles. The molecule has 1 saturated carbocycles. The van der Waals surface area contributed by atoms with E-state index in [0.29, 0.717) is 0 Å². The van der Waals surface area contributed by atoms with E-state index in [1.54, 1.807) is 0 Å². The predicted octanol–water partition coefficient (Wildman–Crippen LogP) is 3.58. The number of nitrogens with two attached hydrogens (primary N) is 1. The molecule has 2 nitrogen and oxygen atoms in total. The summed E-state index contributed by atoms with van der Waals surface area (Å²) < 4.78 is 0. The molecule has 1 aliphatic rings. The Morgan fingerprint density at radius 1 is 1.15 bits per heavy atom. The Kier molecular flexibility index (Phi) is 4.87. The monoisotopic (exact) mass is 274 g/mol. The van der Waals surface area contributed by atoms with E-state index in [-0.39, 0.29) is 5.54 Å². The summed E-state index contributed by atoms with van der Waals surface area (Å²) in [4.78, 5) is 2.50. The highest BCUT2D eigenvalue weighted by molar-refractivity contribution is 5.21. The highest BCUT2D eigenvalue weighted by atomic mass is 15.2. The molecule has 2 atom stereocenters. The van der Waals surface area contributed by atoms with Crippen LogP contribution in [0.1, 0.15) is 44.2 Å². The number of aryl methyl sites for hydroxylation is 1. The number of hydrogen-bond donors (Lipinski definition) is 1. The number of rotatable bonds is 4. The molecule has 0 amide bonds. The third kappa shape index (κ3) is 3.42. The molecule has 0 bridgehead atoms. The van der Waals surface area contributed by atoms with Crippen molar-refractivity contribution in [2.75, 3.05) is 13.6 Å². The van der Waals surface area contributed by atoms with Gasteiger partial charge in [-0.3, -0.25) is 4.90 Å². The molecule has 1 aromatic rings. The van der Waals surface area contributed by atoms with Gasteiger partial charge in [0, 0.05) is 18.6 Å². The van der Waals surface area contributed by atoms with Crippen molar-refractivity contribution in [2.45, 2.75) is 52.1 Å². The summed E-state index contributed by atoms with van der Waals surface area (Å²) in [7, 11) is 2.25. The molecule has 0 aromatic heterocycles. The molecule has 0 saturated heterocycles. The van der Waals surface area contributed by atoms with Gasteiger partial charge < -0.3 is 5.73 Å². The van der Waals surface area contributed by atoms with Crippen LogP contribution in [-0.4, -0.2) is 24.0 Å². The standard InChI is InChI=1S/C18H30N2/c1-14-5-7-17(8-6-14)12-20(4)18(13-19)10-15(2)9-16(3)11-18/h5-8,15-16H,9-13,19H2,1-4H3. The Bertz CT molecular complexity index is 414. The quantitative estimate of drug-likeness (QED) is 0.909. The molecule has 0 radical (unpaired) electrons. The van der Waals surface area contributed by atoms with Gasteiger partial charge in [0.05, 0.1) is 0 Å². The maximum Gasteiger partial charge on any atom is 0.0337 e. The lowest BCUT2D eigenvalue weighted by Gasteiger charge is -2.48. The lowest BCUT2D eigenvalue weighted by atomic mass is 9.70. The van der Waals surface area contributed by atoms with Crippen LogP contribution in [0.4, 0.5) is 0 Å². The van der Waals surface area contributed by atoms with Crippen molar-refractivity contribution < 1.29 is 0 Å². The van der Waals surface area contributed by atoms with Gasteiger partial charge >= 0.3 is 0 Å². The van der Waals surface area contributed by atoms with Gasteiger partial charge in [0.15, 0.2) is 0 Å². The minimum absolute atomic E-state index is 0.183. The van der Waals surface area contributed by atoms with Crippen molar-refractivity contribution in [3.8, 4) is 0 Å². The topological polar surface area (TPSA) is 29.3 Å². The Labute approximate surface area is 124 Å². The minimum Gasteiger partial charge on any atom is -0.329 e. The van der Waals surface area contributed by atoms with E-state index in [1.165, 1.54) is 30.4 Å². The van der Waals surface area contributed by atoms with Crippen molar-refractivity contribution in [3.05, 3.63) is 35.4 Å². The fourth-order valence-corrected chi connectivity index (χ4v) is 4.00. The molecular weight excluding hydrogens is 244 g/mol. The van der Waals surface area contributed by atoms with Gasteiger partial charge in [0.25, 0.3) is 0 Å². The van der Waals surface area contributed by atoms with Crippen LogP contribution in [0.15, 0.2) is 24.3 Å². The van der Waals surface area contributed by atoms with Crippen LogP contribution in [0.25, 0.3) is 0 Å². The van der Waals surface area contributed by atoms with E-state index in [4.69, 9.17) is 5.73 Å². The Morgan fingerprint density at radius 3 is 2.20 bits per heavy atom. The highest BCUT2D eigenvalue weighted by Gasteiger charge is 2.39. The summed E-state index contributed by atoms with van der Waals surface area (Å²) in [6.45, 7) is 8.65. The SMILES string of the molecule is Cc1ccc(CN(C)C2(CN)CC(C)CC(C)C2)cc1. The Balaban J connectivity index is 2.11. The first-order chi connectivity index (χ1) is 9.45. The smallest absolute Gasteiger partial charge is 0.0337 e. The average molecular weight is 274 g/mol. The van der Waals surface area contributed by atoms with Crippen LogP contribution in [0, 0.1) is 18.8 Å². The number of nitrogens with zero attached hydrogens (tertiary/aromatic N) is 1. The summed E-state index contributed by atoms with van der Waals surface area (Å²) in [5, 5.41) is 0. The van der Waals surface area contributed by atoms with Gasteiger partial charge in [-0.15, -0.1) is 0 Å². The van der Waals surface area contributed by atoms with Crippen LogP contribution in [0.2, 0.25) is 0 Å². The fourth-order valence-electron chi connectivity index (χ4n) is 4.00. The van der Waals surface area contributed by atoms with E-state index in [1.807, 2.05) is 0 Å². The third-order valence-corrected chi connectivity index (χ3v) is 4.99. The Morgan fingerprint density at radius 2 is 1.70 bits per heavy atom. The van der Waals surface area contributed by atoms with Gasteiger partial charge in [0.2, 0.25) is 0 Å². The zero-order chi connectivity index (χ0) is 14.8. The number of hydrogen-bond acceptors (Lipinski definition) is 2. The maximum atomic E-state index is 6.20. The molecule has 2 unspecified atom stereocenters. The second-order valence-electron chi connectivity index (χ2n) is 7.12. The molecule has 2 rings (SSSR count). The molecule has 0 aliphatic heterocycles. The molecule has 0 spiro atoms. The Hall–Kier alpha value is -0.860. The van der Waals surface area contributed by atoms with Crippen molar-refractivity contribution in [1.82, 2.24) is 4.90 Å². The molecule has 112 valence electrons. The molecule has 1 aliphatic carbocycles. The first-order valence-corrected chi connectivity index (χ1v) is 7.92. The van der Waals surface area contributed by atoms with Crippen LogP contribution in [-0.2, 0) is 6.54 Å². The first kappa shape index (κ1) is 15.5. The number of benzene rings is 1. The van der Waals surface area contributed by atoms with Crippen molar-refractivity contribution in [1.29, 1.82) is 0 Å². The first-order valence-electron chi connectivity index (χ1n) is 7.92. The van der Waals surface area contributed by atoms with E-state index in [9.17, 15) is 0 Å². The van der Waals surface area contributed by atoms with E-state index in [0.717, 1.165) is 24.9 Å². The minimum atomic E-state index is 0.183. The molecule has 1 fully saturated rings. The molecule has 0 heterocycles. The summed E-state index contributed by atoms with van der Waals surface area (Å²) in [6, 6.07) is 8.88. The van der Waals surface area contributed by atoms with Crippen molar-refractivity contribution in [3.63, 3.8) is 0 Å². The van der Waals surface area contributed by atoms with E-state index >= 15 is 0 Å². The molecular formula is C18H30N2. The second kappa shape index (κ2) is 6.28. The van der Waals surface area contributed by atoms with Gasteiger partial charge in [-0.25, -0.2) is 0 Å². The zero-order valence-corrected chi connectivity index (χ0v) is 13.5. The largest absolute Gasteiger partial charge is 0.329 e. The zero-order valence-electron chi connectivity index (χ0n) is 13.5. The summed E-state index contributed by atoms with van der Waals surface area (Å²) >= 11 is 0. The van der Waals surface area contributed by atoms with Crippen LogP contribution < -0.4 is 5.73 Å². The summed E-state index contributed by atoms with van der Waals surface area (Å²) in [5.41, 5.74) is 9.09. The van der Waals surface area contributed by atoms with E-state index < -0.39 is 0 Å². The lowest BCUT2D eigenvalue weighted by molar-refractivity contribution is 0.0333. The van der Waals surface area contributed by atoms with Gasteiger partial charge in [-0.2, -0.15) is 0 Å². The highest BCUT2D eigenvalue weighted by Crippen LogP contribution is 2.39. The molecule has 2 heteroatoms. The van der Waals surface area contributed by atoms with E-state index in [2.05, 4.69) is 57.0 Å². The van der Waals surface area contributed by atoms with Crippen LogP contribution in [0.5, 0.6) is 0 Å². The van der Waals surface area contributed by atoms with Crippen LogP contribution >= 0.6 is 0 Å². The predicted molar refractivity (Wildman–Crippen MR) is 86.6 cm³/mol. The summed E-state index contributed by atoms with van der Waals surface area (Å²) in [6.07, 6.45) is 3.81. The summed E-state index contributed by atoms with van der Waals surface area (Å²) in [5.74, 6) is 1.56. The van der Waals surface area contributed by atoms with Crippen molar-refractivity contribution >= 4 is 0 Å². The van der Waals surface area contributed by atoms with Gasteiger partial charge in [-0.05, 0) is 50.6 Å². The third-order valence-electron chi connectivity index (χ3n) is 4.99. The fraction of sp³-hybridized carbons (Fsp3) is 0.667.